The summed E-state index contributed by atoms with van der Waals surface area (Å²) in [7, 11) is 0. The topological polar surface area (TPSA) is 59.2 Å². The minimum atomic E-state index is 0.303. The van der Waals surface area contributed by atoms with Crippen molar-refractivity contribution in [2.75, 3.05) is 6.54 Å². The van der Waals surface area contributed by atoms with Crippen LogP contribution in [0.2, 0.25) is 0 Å². The Morgan fingerprint density at radius 3 is 2.83 bits per heavy atom. The molecule has 124 valence electrons. The van der Waals surface area contributed by atoms with Gasteiger partial charge in [-0.1, -0.05) is 0 Å². The molecule has 2 aromatic heterocycles. The molecular weight excluding hydrogens is 308 g/mol. The molecule has 0 saturated carbocycles. The van der Waals surface area contributed by atoms with Crippen LogP contribution in [-0.2, 0) is 0 Å². The fourth-order valence-electron chi connectivity index (χ4n) is 2.51. The standard InChI is InChI=1S/C16H24N6S/c1-6-17-16(23)20-18-10-14-9-12(4)21(13(14)5)15-7-8-19-22(15)11(2)3/h7-11H,6H2,1-5H3,(H2,17,20,23)/b18-10-. The van der Waals surface area contributed by atoms with E-state index in [0.717, 1.165) is 29.3 Å². The summed E-state index contributed by atoms with van der Waals surface area (Å²) < 4.78 is 4.20. The Morgan fingerprint density at radius 2 is 2.17 bits per heavy atom. The molecule has 0 spiro atoms. The van der Waals surface area contributed by atoms with E-state index >= 15 is 0 Å². The predicted octanol–water partition coefficient (Wildman–Crippen LogP) is 2.69. The first-order chi connectivity index (χ1) is 11.0. The molecular formula is C16H24N6S. The van der Waals surface area contributed by atoms with Gasteiger partial charge in [0.1, 0.15) is 5.82 Å². The van der Waals surface area contributed by atoms with Gasteiger partial charge >= 0.3 is 0 Å². The molecule has 7 heteroatoms. The average molecular weight is 332 g/mol. The molecule has 0 amide bonds. The van der Waals surface area contributed by atoms with Crippen LogP contribution in [-0.4, -0.2) is 32.2 Å². The molecule has 0 aliphatic rings. The third-order valence-electron chi connectivity index (χ3n) is 3.54. The van der Waals surface area contributed by atoms with Gasteiger partial charge in [-0.3, -0.25) is 5.43 Å². The first-order valence-electron chi connectivity index (χ1n) is 7.75. The van der Waals surface area contributed by atoms with Crippen LogP contribution in [0.3, 0.4) is 0 Å². The summed E-state index contributed by atoms with van der Waals surface area (Å²) in [6.45, 7) is 11.2. The third kappa shape index (κ3) is 3.79. The van der Waals surface area contributed by atoms with E-state index in [9.17, 15) is 0 Å². The van der Waals surface area contributed by atoms with Crippen LogP contribution >= 0.6 is 12.2 Å². The summed E-state index contributed by atoms with van der Waals surface area (Å²) >= 11 is 5.09. The van der Waals surface area contributed by atoms with Crippen molar-refractivity contribution in [1.82, 2.24) is 25.1 Å². The lowest BCUT2D eigenvalue weighted by Crippen LogP contribution is -2.31. The molecule has 0 fully saturated rings. The monoisotopic (exact) mass is 332 g/mol. The zero-order valence-corrected chi connectivity index (χ0v) is 15.1. The summed E-state index contributed by atoms with van der Waals surface area (Å²) in [5.74, 6) is 1.06. The van der Waals surface area contributed by atoms with Crippen molar-refractivity contribution in [3.8, 4) is 5.82 Å². The summed E-state index contributed by atoms with van der Waals surface area (Å²) in [4.78, 5) is 0. The van der Waals surface area contributed by atoms with Crippen molar-refractivity contribution in [3.05, 3.63) is 35.3 Å². The molecule has 2 aromatic rings. The van der Waals surface area contributed by atoms with Crippen molar-refractivity contribution in [2.24, 2.45) is 5.10 Å². The van der Waals surface area contributed by atoms with Crippen LogP contribution < -0.4 is 10.7 Å². The van der Waals surface area contributed by atoms with Crippen molar-refractivity contribution < 1.29 is 0 Å². The second-order valence-electron chi connectivity index (χ2n) is 5.62. The molecule has 2 rings (SSSR count). The number of hydrazone groups is 1. The number of aromatic nitrogens is 3. The Hall–Kier alpha value is -2.15. The highest BCUT2D eigenvalue weighted by atomic mass is 32.1. The molecule has 0 aliphatic heterocycles. The number of thiocarbonyl (C=S) groups is 1. The fraction of sp³-hybridized carbons (Fsp3) is 0.438. The number of aryl methyl sites for hydroxylation is 1. The van der Waals surface area contributed by atoms with Crippen molar-refractivity contribution in [3.63, 3.8) is 0 Å². The summed E-state index contributed by atoms with van der Waals surface area (Å²) in [5.41, 5.74) is 6.12. The number of nitrogens with zero attached hydrogens (tertiary/aromatic N) is 4. The highest BCUT2D eigenvalue weighted by Gasteiger charge is 2.14. The van der Waals surface area contributed by atoms with Gasteiger partial charge in [0, 0.05) is 35.6 Å². The lowest BCUT2D eigenvalue weighted by atomic mass is 10.3. The molecule has 0 aromatic carbocycles. The molecule has 0 bridgehead atoms. The molecule has 0 aliphatic carbocycles. The second kappa shape index (κ2) is 7.41. The zero-order valence-electron chi connectivity index (χ0n) is 14.3. The van der Waals surface area contributed by atoms with E-state index in [1.807, 2.05) is 23.9 Å². The van der Waals surface area contributed by atoms with Gasteiger partial charge in [0.05, 0.1) is 12.4 Å². The molecule has 0 atom stereocenters. The molecule has 2 N–H and O–H groups in total. The normalized spacial score (nSPS) is 11.4. The predicted molar refractivity (Wildman–Crippen MR) is 98.4 cm³/mol. The lowest BCUT2D eigenvalue weighted by molar-refractivity contribution is 0.519. The van der Waals surface area contributed by atoms with E-state index in [0.29, 0.717) is 11.2 Å². The van der Waals surface area contributed by atoms with E-state index < -0.39 is 0 Å². The number of hydrogen-bond donors (Lipinski definition) is 2. The SMILES string of the molecule is CCNC(=S)N/N=C\c1cc(C)n(-c2ccnn2C(C)C)c1C. The van der Waals surface area contributed by atoms with E-state index in [-0.39, 0.29) is 0 Å². The quantitative estimate of drug-likeness (QED) is 0.502. The highest BCUT2D eigenvalue weighted by molar-refractivity contribution is 7.80. The smallest absolute Gasteiger partial charge is 0.186 e. The first-order valence-corrected chi connectivity index (χ1v) is 8.16. The number of rotatable bonds is 5. The van der Waals surface area contributed by atoms with Gasteiger partial charge in [-0.2, -0.15) is 10.2 Å². The number of hydrogen-bond acceptors (Lipinski definition) is 3. The van der Waals surface area contributed by atoms with E-state index in [1.165, 1.54) is 0 Å². The maximum atomic E-state index is 5.09. The lowest BCUT2D eigenvalue weighted by Gasteiger charge is -2.15. The van der Waals surface area contributed by atoms with Crippen molar-refractivity contribution >= 4 is 23.5 Å². The second-order valence-corrected chi connectivity index (χ2v) is 6.03. The van der Waals surface area contributed by atoms with Gasteiger partial charge in [-0.25, -0.2) is 4.68 Å². The minimum Gasteiger partial charge on any atom is -0.362 e. The van der Waals surface area contributed by atoms with Crippen LogP contribution in [0, 0.1) is 13.8 Å². The van der Waals surface area contributed by atoms with Gasteiger partial charge in [-0.05, 0) is 52.9 Å². The van der Waals surface area contributed by atoms with Gasteiger partial charge < -0.3 is 9.88 Å². The zero-order chi connectivity index (χ0) is 17.0. The van der Waals surface area contributed by atoms with Gasteiger partial charge in [0.2, 0.25) is 0 Å². The maximum Gasteiger partial charge on any atom is 0.186 e. The minimum absolute atomic E-state index is 0.303. The molecule has 0 saturated heterocycles. The molecule has 0 radical (unpaired) electrons. The molecule has 2 heterocycles. The summed E-state index contributed by atoms with van der Waals surface area (Å²) in [6, 6.07) is 4.44. The van der Waals surface area contributed by atoms with Gasteiger partial charge in [-0.15, -0.1) is 0 Å². The molecule has 23 heavy (non-hydrogen) atoms. The Bertz CT molecular complexity index is 710. The van der Waals surface area contributed by atoms with Crippen LogP contribution in [0.5, 0.6) is 0 Å². The van der Waals surface area contributed by atoms with E-state index in [4.69, 9.17) is 12.2 Å². The first kappa shape index (κ1) is 17.2. The molecule has 0 unspecified atom stereocenters. The Kier molecular flexibility index (Phi) is 5.54. The van der Waals surface area contributed by atoms with Crippen LogP contribution in [0.25, 0.3) is 5.82 Å². The Balaban J connectivity index is 2.28. The summed E-state index contributed by atoms with van der Waals surface area (Å²) in [5, 5.41) is 12.1. The molecule has 6 nitrogen and oxygen atoms in total. The van der Waals surface area contributed by atoms with Gasteiger partial charge in [0.15, 0.2) is 5.11 Å². The maximum absolute atomic E-state index is 5.09. The highest BCUT2D eigenvalue weighted by Crippen LogP contribution is 2.21. The third-order valence-corrected chi connectivity index (χ3v) is 3.78. The average Bonchev–Trinajstić information content (AvgIpc) is 3.05. The fourth-order valence-corrected chi connectivity index (χ4v) is 2.71. The Morgan fingerprint density at radius 1 is 1.43 bits per heavy atom. The number of nitrogens with one attached hydrogen (secondary N) is 2. The van der Waals surface area contributed by atoms with Crippen molar-refractivity contribution in [2.45, 2.75) is 40.7 Å². The van der Waals surface area contributed by atoms with E-state index in [1.54, 1.807) is 6.21 Å². The summed E-state index contributed by atoms with van der Waals surface area (Å²) in [6.07, 6.45) is 3.62. The Labute approximate surface area is 142 Å². The van der Waals surface area contributed by atoms with Gasteiger partial charge in [0.25, 0.3) is 0 Å². The van der Waals surface area contributed by atoms with E-state index in [2.05, 4.69) is 59.3 Å². The van der Waals surface area contributed by atoms with Crippen LogP contribution in [0.15, 0.2) is 23.4 Å². The van der Waals surface area contributed by atoms with Crippen LogP contribution in [0.1, 0.15) is 43.8 Å². The largest absolute Gasteiger partial charge is 0.362 e. The van der Waals surface area contributed by atoms with Crippen molar-refractivity contribution in [1.29, 1.82) is 0 Å². The van der Waals surface area contributed by atoms with Crippen LogP contribution in [0.4, 0.5) is 0 Å².